The molecule has 0 radical (unpaired) electrons. The number of hydrogen-bond donors (Lipinski definition) is 1. The van der Waals surface area contributed by atoms with E-state index in [0.29, 0.717) is 64.2 Å². The van der Waals surface area contributed by atoms with Crippen molar-refractivity contribution in [1.29, 1.82) is 0 Å². The number of hydrogen-bond acceptors (Lipinski definition) is 7. The number of piperidine rings is 1. The Labute approximate surface area is 234 Å². The van der Waals surface area contributed by atoms with Crippen molar-refractivity contribution in [3.8, 4) is 0 Å². The molecule has 1 aromatic carbocycles. The second-order valence-electron chi connectivity index (χ2n) is 10.2. The first-order chi connectivity index (χ1) is 19.4. The first kappa shape index (κ1) is 30.8. The number of ether oxygens (including phenoxy) is 1. The largest absolute Gasteiger partial charge is 0.451 e. The highest BCUT2D eigenvalue weighted by Crippen LogP contribution is 2.32. The molecule has 41 heavy (non-hydrogen) atoms. The van der Waals surface area contributed by atoms with Crippen LogP contribution in [-0.4, -0.2) is 86.8 Å². The average Bonchev–Trinajstić information content (AvgIpc) is 2.95. The van der Waals surface area contributed by atoms with Crippen molar-refractivity contribution in [2.45, 2.75) is 31.6 Å². The number of halogens is 6. The molecule has 0 spiro atoms. The summed E-state index contributed by atoms with van der Waals surface area (Å²) in [6, 6.07) is 6.32. The summed E-state index contributed by atoms with van der Waals surface area (Å²) in [6.07, 6.45) is -7.63. The van der Waals surface area contributed by atoms with Gasteiger partial charge in [0.2, 0.25) is 11.7 Å². The second kappa shape index (κ2) is 13.2. The molecular weight excluding hydrogens is 554 g/mol. The minimum atomic E-state index is -4.73. The number of amides is 1. The number of piperazine rings is 1. The molecule has 1 atom stereocenters. The van der Waals surface area contributed by atoms with E-state index in [1.54, 1.807) is 18.1 Å². The monoisotopic (exact) mass is 588 g/mol. The van der Waals surface area contributed by atoms with Crippen molar-refractivity contribution < 1.29 is 35.9 Å². The highest BCUT2D eigenvalue weighted by atomic mass is 19.4. The number of methoxy groups -OCH3 is 1. The van der Waals surface area contributed by atoms with Crippen molar-refractivity contribution in [3.63, 3.8) is 0 Å². The van der Waals surface area contributed by atoms with Crippen molar-refractivity contribution in [3.05, 3.63) is 47.3 Å². The molecule has 2 aliphatic rings. The van der Waals surface area contributed by atoms with Crippen LogP contribution in [0.2, 0.25) is 0 Å². The first-order valence-corrected chi connectivity index (χ1v) is 13.6. The highest BCUT2D eigenvalue weighted by Gasteiger charge is 2.37. The fourth-order valence-electron chi connectivity index (χ4n) is 5.03. The molecule has 2 fully saturated rings. The third kappa shape index (κ3) is 8.44. The summed E-state index contributed by atoms with van der Waals surface area (Å²) >= 11 is 0. The normalized spacial score (nSPS) is 19.0. The summed E-state index contributed by atoms with van der Waals surface area (Å²) < 4.78 is 84.6. The predicted octanol–water partition coefficient (Wildman–Crippen LogP) is 3.86. The summed E-state index contributed by atoms with van der Waals surface area (Å²) in [6.45, 7) is 4.57. The predicted molar refractivity (Wildman–Crippen MR) is 141 cm³/mol. The van der Waals surface area contributed by atoms with Crippen LogP contribution in [0.25, 0.3) is 0 Å². The van der Waals surface area contributed by atoms with Gasteiger partial charge in [-0.2, -0.15) is 26.3 Å². The van der Waals surface area contributed by atoms with Crippen molar-refractivity contribution in [2.75, 3.05) is 75.9 Å². The summed E-state index contributed by atoms with van der Waals surface area (Å²) in [5, 5.41) is 2.81. The molecule has 2 saturated heterocycles. The smallest absolute Gasteiger partial charge is 0.383 e. The van der Waals surface area contributed by atoms with Crippen LogP contribution in [0.4, 0.5) is 38.0 Å². The number of anilines is 2. The maximum Gasteiger partial charge on any atom is 0.451 e. The molecule has 0 aliphatic carbocycles. The zero-order valence-electron chi connectivity index (χ0n) is 22.8. The number of nitrogens with one attached hydrogen (secondary N) is 1. The number of aromatic nitrogens is 2. The van der Waals surface area contributed by atoms with Gasteiger partial charge in [0, 0.05) is 65.5 Å². The lowest BCUT2D eigenvalue weighted by Gasteiger charge is -2.36. The molecule has 0 bridgehead atoms. The maximum atomic E-state index is 13.7. The third-order valence-corrected chi connectivity index (χ3v) is 7.37. The number of alkyl halides is 6. The van der Waals surface area contributed by atoms with Gasteiger partial charge in [0.15, 0.2) is 0 Å². The van der Waals surface area contributed by atoms with E-state index in [4.69, 9.17) is 4.74 Å². The van der Waals surface area contributed by atoms with E-state index in [-0.39, 0.29) is 30.6 Å². The minimum absolute atomic E-state index is 0.131. The lowest BCUT2D eigenvalue weighted by Crippen LogP contribution is -2.48. The van der Waals surface area contributed by atoms with Gasteiger partial charge in [-0.25, -0.2) is 9.97 Å². The topological polar surface area (TPSA) is 73.8 Å². The SMILES string of the molecule is COCCN1CCN(c2cc(N3CCCC(C(=O)NCCc4ccc(C(F)(F)F)cc4)C3)nc(C(F)(F)F)n2)CC1. The van der Waals surface area contributed by atoms with Crippen LogP contribution in [0.1, 0.15) is 29.8 Å². The molecule has 14 heteroatoms. The molecule has 4 rings (SSSR count). The standard InChI is InChI=1S/C27H34F6N6O2/c1-41-16-15-37-11-13-38(14-12-37)22-17-23(36-25(35-22)27(31,32)33)39-10-2-3-20(18-39)24(40)34-9-8-19-4-6-21(7-5-19)26(28,29)30/h4-7,17,20H,2-3,8-16,18H2,1H3,(H,34,40). The van der Waals surface area contributed by atoms with Gasteiger partial charge in [-0.15, -0.1) is 0 Å². The lowest BCUT2D eigenvalue weighted by atomic mass is 9.97. The Hall–Kier alpha value is -3.13. The fraction of sp³-hybridized carbons (Fsp3) is 0.593. The zero-order chi connectivity index (χ0) is 29.6. The van der Waals surface area contributed by atoms with E-state index in [2.05, 4.69) is 20.2 Å². The van der Waals surface area contributed by atoms with E-state index < -0.39 is 29.7 Å². The molecule has 1 amide bonds. The maximum absolute atomic E-state index is 13.7. The van der Waals surface area contributed by atoms with Crippen LogP contribution in [0.5, 0.6) is 0 Å². The molecule has 2 aromatic rings. The molecule has 3 heterocycles. The van der Waals surface area contributed by atoms with Gasteiger partial charge >= 0.3 is 12.4 Å². The Morgan fingerprint density at radius 2 is 1.61 bits per heavy atom. The molecule has 1 N–H and O–H groups in total. The van der Waals surface area contributed by atoms with Gasteiger partial charge in [0.1, 0.15) is 11.6 Å². The van der Waals surface area contributed by atoms with E-state index in [9.17, 15) is 31.1 Å². The molecule has 226 valence electrons. The van der Waals surface area contributed by atoms with Crippen molar-refractivity contribution in [2.24, 2.45) is 5.92 Å². The van der Waals surface area contributed by atoms with Gasteiger partial charge < -0.3 is 19.9 Å². The molecule has 1 aromatic heterocycles. The van der Waals surface area contributed by atoms with Crippen molar-refractivity contribution in [1.82, 2.24) is 20.2 Å². The minimum Gasteiger partial charge on any atom is -0.383 e. The average molecular weight is 589 g/mol. The quantitative estimate of drug-likeness (QED) is 0.446. The lowest BCUT2D eigenvalue weighted by molar-refractivity contribution is -0.145. The van der Waals surface area contributed by atoms with Crippen LogP contribution in [0, 0.1) is 5.92 Å². The number of carbonyl (C=O) groups is 1. The fourth-order valence-corrected chi connectivity index (χ4v) is 5.03. The van der Waals surface area contributed by atoms with Gasteiger partial charge in [-0.05, 0) is 37.0 Å². The molecular formula is C27H34F6N6O2. The van der Waals surface area contributed by atoms with Crippen LogP contribution >= 0.6 is 0 Å². The van der Waals surface area contributed by atoms with Crippen LogP contribution < -0.4 is 15.1 Å². The second-order valence-corrected chi connectivity index (χ2v) is 10.2. The Morgan fingerprint density at radius 1 is 0.951 bits per heavy atom. The molecule has 8 nitrogen and oxygen atoms in total. The third-order valence-electron chi connectivity index (χ3n) is 7.37. The Morgan fingerprint density at radius 3 is 2.22 bits per heavy atom. The van der Waals surface area contributed by atoms with E-state index >= 15 is 0 Å². The van der Waals surface area contributed by atoms with E-state index in [0.717, 1.165) is 18.7 Å². The van der Waals surface area contributed by atoms with Gasteiger partial charge in [0.25, 0.3) is 0 Å². The van der Waals surface area contributed by atoms with Crippen molar-refractivity contribution >= 4 is 17.5 Å². The van der Waals surface area contributed by atoms with Crippen LogP contribution in [-0.2, 0) is 28.3 Å². The van der Waals surface area contributed by atoms with E-state index in [1.807, 2.05) is 4.90 Å². The van der Waals surface area contributed by atoms with Crippen LogP contribution in [0.15, 0.2) is 30.3 Å². The highest BCUT2D eigenvalue weighted by molar-refractivity contribution is 5.79. The van der Waals surface area contributed by atoms with Gasteiger partial charge in [-0.1, -0.05) is 12.1 Å². The number of benzene rings is 1. The van der Waals surface area contributed by atoms with Gasteiger partial charge in [-0.3, -0.25) is 9.69 Å². The number of rotatable bonds is 9. The molecule has 0 saturated carbocycles. The van der Waals surface area contributed by atoms with E-state index in [1.165, 1.54) is 12.1 Å². The zero-order valence-corrected chi connectivity index (χ0v) is 22.8. The number of nitrogens with zero attached hydrogens (tertiary/aromatic N) is 5. The van der Waals surface area contributed by atoms with Crippen LogP contribution in [0.3, 0.4) is 0 Å². The summed E-state index contributed by atoms with van der Waals surface area (Å²) in [4.78, 5) is 26.2. The molecule has 2 aliphatic heterocycles. The Bertz CT molecular complexity index is 1150. The summed E-state index contributed by atoms with van der Waals surface area (Å²) in [7, 11) is 1.62. The summed E-state index contributed by atoms with van der Waals surface area (Å²) in [5.74, 6) is -1.59. The Kier molecular flexibility index (Phi) is 9.95. The summed E-state index contributed by atoms with van der Waals surface area (Å²) in [5.41, 5.74) is -0.0882. The number of carbonyl (C=O) groups excluding carboxylic acids is 1. The first-order valence-electron chi connectivity index (χ1n) is 13.6. The van der Waals surface area contributed by atoms with Gasteiger partial charge in [0.05, 0.1) is 18.1 Å². The Balaban J connectivity index is 1.38. The molecule has 1 unspecified atom stereocenters.